The summed E-state index contributed by atoms with van der Waals surface area (Å²) >= 11 is 6.12. The highest BCUT2D eigenvalue weighted by molar-refractivity contribution is 6.30. The lowest BCUT2D eigenvalue weighted by atomic mass is 9.59. The van der Waals surface area contributed by atoms with E-state index in [-0.39, 0.29) is 11.3 Å². The molecule has 0 atom stereocenters. The van der Waals surface area contributed by atoms with E-state index in [9.17, 15) is 4.79 Å². The van der Waals surface area contributed by atoms with Gasteiger partial charge in [0, 0.05) is 29.5 Å². The van der Waals surface area contributed by atoms with E-state index in [1.54, 1.807) is 0 Å². The lowest BCUT2D eigenvalue weighted by Crippen LogP contribution is -2.44. The van der Waals surface area contributed by atoms with Gasteiger partial charge in [0.15, 0.2) is 0 Å². The van der Waals surface area contributed by atoms with Gasteiger partial charge >= 0.3 is 0 Å². The Morgan fingerprint density at radius 2 is 2.00 bits per heavy atom. The third-order valence-electron chi connectivity index (χ3n) is 5.79. The summed E-state index contributed by atoms with van der Waals surface area (Å²) in [5.74, 6) is 0.780. The average Bonchev–Trinajstić information content (AvgIpc) is 2.66. The number of amides is 1. The molecule has 2 aromatic carbocycles. The first-order chi connectivity index (χ1) is 13.6. The highest BCUT2D eigenvalue weighted by atomic mass is 35.5. The van der Waals surface area contributed by atoms with Crippen LogP contribution in [0.15, 0.2) is 47.5 Å². The zero-order valence-electron chi connectivity index (χ0n) is 16.1. The Morgan fingerprint density at radius 3 is 2.68 bits per heavy atom. The average molecular weight is 397 g/mol. The summed E-state index contributed by atoms with van der Waals surface area (Å²) in [5, 5.41) is 3.52. The number of ether oxygens (including phenoxy) is 1. The third kappa shape index (κ3) is 3.66. The Hall–Kier alpha value is -2.33. The molecule has 0 bridgehead atoms. The number of carbonyl (C=O) groups excluding carboxylic acids is 1. The SMILES string of the molecule is CC(=O)NCCOc1ccc2c(c1)C(C1(c3ccc(Cl)cc3)CCC1)=NCC2. The third-order valence-corrected chi connectivity index (χ3v) is 6.04. The Bertz CT molecular complexity index is 901. The van der Waals surface area contributed by atoms with E-state index in [1.807, 2.05) is 18.2 Å². The van der Waals surface area contributed by atoms with Crippen molar-refractivity contribution in [1.29, 1.82) is 0 Å². The molecule has 1 saturated carbocycles. The minimum absolute atomic E-state index is 0.0193. The molecule has 1 heterocycles. The highest BCUT2D eigenvalue weighted by Crippen LogP contribution is 2.48. The maximum absolute atomic E-state index is 11.0. The van der Waals surface area contributed by atoms with Crippen LogP contribution in [0.25, 0.3) is 0 Å². The molecule has 1 aliphatic carbocycles. The number of aliphatic imine (C=N–C) groups is 1. The normalized spacial score (nSPS) is 17.1. The largest absolute Gasteiger partial charge is 0.492 e. The number of carbonyl (C=O) groups is 1. The van der Waals surface area contributed by atoms with E-state index in [0.717, 1.165) is 36.6 Å². The van der Waals surface area contributed by atoms with Crippen LogP contribution in [0, 0.1) is 0 Å². The molecule has 0 saturated heterocycles. The second kappa shape index (κ2) is 7.96. The van der Waals surface area contributed by atoms with Crippen molar-refractivity contribution in [3.63, 3.8) is 0 Å². The van der Waals surface area contributed by atoms with Crippen molar-refractivity contribution in [1.82, 2.24) is 5.32 Å². The fourth-order valence-electron chi connectivity index (χ4n) is 4.22. The number of rotatable bonds is 6. The van der Waals surface area contributed by atoms with Crippen LogP contribution in [-0.2, 0) is 16.6 Å². The van der Waals surface area contributed by atoms with Crippen LogP contribution in [-0.4, -0.2) is 31.3 Å². The first kappa shape index (κ1) is 19.0. The summed E-state index contributed by atoms with van der Waals surface area (Å²) in [5.41, 5.74) is 5.01. The van der Waals surface area contributed by atoms with Crippen molar-refractivity contribution in [2.24, 2.45) is 4.99 Å². The van der Waals surface area contributed by atoms with E-state index in [4.69, 9.17) is 21.3 Å². The number of nitrogens with one attached hydrogen (secondary N) is 1. The Morgan fingerprint density at radius 1 is 1.21 bits per heavy atom. The predicted molar refractivity (Wildman–Crippen MR) is 113 cm³/mol. The first-order valence-electron chi connectivity index (χ1n) is 9.90. The molecule has 1 fully saturated rings. The number of nitrogens with zero attached hydrogens (tertiary/aromatic N) is 1. The van der Waals surface area contributed by atoms with Gasteiger partial charge in [-0.2, -0.15) is 0 Å². The number of hydrogen-bond acceptors (Lipinski definition) is 3. The van der Waals surface area contributed by atoms with Crippen molar-refractivity contribution in [2.75, 3.05) is 19.7 Å². The van der Waals surface area contributed by atoms with E-state index >= 15 is 0 Å². The van der Waals surface area contributed by atoms with Gasteiger partial charge in [0.05, 0.1) is 12.3 Å². The molecule has 2 aromatic rings. The first-order valence-corrected chi connectivity index (χ1v) is 10.3. The molecule has 4 nitrogen and oxygen atoms in total. The van der Waals surface area contributed by atoms with Gasteiger partial charge in [0.1, 0.15) is 12.4 Å². The molecule has 2 aliphatic rings. The van der Waals surface area contributed by atoms with Crippen LogP contribution < -0.4 is 10.1 Å². The van der Waals surface area contributed by atoms with Gasteiger partial charge in [0.2, 0.25) is 5.91 Å². The fraction of sp³-hybridized carbons (Fsp3) is 0.391. The predicted octanol–water partition coefficient (Wildman–Crippen LogP) is 4.32. The molecule has 1 N–H and O–H groups in total. The summed E-state index contributed by atoms with van der Waals surface area (Å²) in [6, 6.07) is 14.5. The monoisotopic (exact) mass is 396 g/mol. The lowest BCUT2D eigenvalue weighted by molar-refractivity contribution is -0.119. The van der Waals surface area contributed by atoms with Crippen molar-refractivity contribution >= 4 is 23.2 Å². The van der Waals surface area contributed by atoms with Crippen molar-refractivity contribution in [3.05, 3.63) is 64.2 Å². The molecule has 0 aromatic heterocycles. The minimum atomic E-state index is -0.0432. The lowest BCUT2D eigenvalue weighted by Gasteiger charge is -2.45. The smallest absolute Gasteiger partial charge is 0.216 e. The Labute approximate surface area is 171 Å². The van der Waals surface area contributed by atoms with Crippen LogP contribution >= 0.6 is 11.6 Å². The summed E-state index contributed by atoms with van der Waals surface area (Å²) in [6.45, 7) is 3.30. The van der Waals surface area contributed by atoms with E-state index in [0.29, 0.717) is 13.2 Å². The van der Waals surface area contributed by atoms with Crippen LogP contribution in [0.5, 0.6) is 5.75 Å². The van der Waals surface area contributed by atoms with Crippen LogP contribution in [0.1, 0.15) is 42.9 Å². The standard InChI is InChI=1S/C23H25ClN2O2/c1-16(27)25-13-14-28-20-8-3-17-9-12-26-22(21(17)15-20)23(10-2-11-23)18-4-6-19(24)7-5-18/h3-8,15H,2,9-14H2,1H3,(H,25,27). The maximum atomic E-state index is 11.0. The molecule has 0 spiro atoms. The van der Waals surface area contributed by atoms with Crippen LogP contribution in [0.4, 0.5) is 0 Å². The molecular formula is C23H25ClN2O2. The van der Waals surface area contributed by atoms with Gasteiger partial charge in [0.25, 0.3) is 0 Å². The van der Waals surface area contributed by atoms with Gasteiger partial charge in [-0.15, -0.1) is 0 Å². The fourth-order valence-corrected chi connectivity index (χ4v) is 4.35. The second-order valence-corrected chi connectivity index (χ2v) is 8.01. The van der Waals surface area contributed by atoms with Gasteiger partial charge in [-0.05, 0) is 54.7 Å². The number of fused-ring (bicyclic) bond motifs is 1. The van der Waals surface area contributed by atoms with E-state index in [2.05, 4.69) is 29.6 Å². The zero-order chi connectivity index (χ0) is 19.6. The molecule has 1 amide bonds. The molecule has 0 unspecified atom stereocenters. The molecule has 1 aliphatic heterocycles. The highest BCUT2D eigenvalue weighted by Gasteiger charge is 2.45. The topological polar surface area (TPSA) is 50.7 Å². The van der Waals surface area contributed by atoms with E-state index < -0.39 is 0 Å². The Balaban J connectivity index is 1.61. The molecule has 0 radical (unpaired) electrons. The molecule has 146 valence electrons. The quantitative estimate of drug-likeness (QED) is 0.739. The Kier molecular flexibility index (Phi) is 5.40. The van der Waals surface area contributed by atoms with Crippen molar-refractivity contribution in [3.8, 4) is 5.75 Å². The number of halogens is 1. The zero-order valence-corrected chi connectivity index (χ0v) is 16.9. The maximum Gasteiger partial charge on any atom is 0.216 e. The summed E-state index contributed by atoms with van der Waals surface area (Å²) in [4.78, 5) is 16.0. The summed E-state index contributed by atoms with van der Waals surface area (Å²) in [7, 11) is 0. The van der Waals surface area contributed by atoms with Gasteiger partial charge in [-0.25, -0.2) is 0 Å². The minimum Gasteiger partial charge on any atom is -0.492 e. The van der Waals surface area contributed by atoms with Crippen LogP contribution in [0.2, 0.25) is 5.02 Å². The summed E-state index contributed by atoms with van der Waals surface area (Å²) in [6.07, 6.45) is 4.40. The molecule has 5 heteroatoms. The number of benzene rings is 2. The molecule has 28 heavy (non-hydrogen) atoms. The summed E-state index contributed by atoms with van der Waals surface area (Å²) < 4.78 is 5.87. The van der Waals surface area contributed by atoms with Gasteiger partial charge in [-0.1, -0.05) is 36.2 Å². The second-order valence-electron chi connectivity index (χ2n) is 7.57. The van der Waals surface area contributed by atoms with Crippen molar-refractivity contribution < 1.29 is 9.53 Å². The number of hydrogen-bond donors (Lipinski definition) is 1. The molecular weight excluding hydrogens is 372 g/mol. The van der Waals surface area contributed by atoms with Gasteiger partial charge < -0.3 is 10.1 Å². The van der Waals surface area contributed by atoms with E-state index in [1.165, 1.54) is 35.7 Å². The van der Waals surface area contributed by atoms with Gasteiger partial charge in [-0.3, -0.25) is 9.79 Å². The molecule has 4 rings (SSSR count). The van der Waals surface area contributed by atoms with Crippen LogP contribution in [0.3, 0.4) is 0 Å². The van der Waals surface area contributed by atoms with Crippen molar-refractivity contribution in [2.45, 2.75) is 38.0 Å².